The fraction of sp³-hybridized carbons (Fsp3) is 0.644. The largest absolute Gasteiger partial charge is 0.508 e. The third-order valence-electron chi connectivity index (χ3n) is 11.0. The first-order valence-electron chi connectivity index (χ1n) is 22.5. The SMILES string of the molecule is C[C@@H](O)[C@@H]1NC(=O)[C@@](C)(NC(=O)[C@H](CCCCN)NC(=O)[C@@H](N)Cc2ccc(O)cc2)CCC/C=C/CCC[C@@](C)(C(=O)NC(C)(C)C)NC(=O)[C@H](CO)NC(=O)[C@H](CCC(N)=O)NC1=O. The Labute approximate surface area is 387 Å². The van der Waals surface area contributed by atoms with Gasteiger partial charge in [-0.1, -0.05) is 24.3 Å². The van der Waals surface area contributed by atoms with E-state index in [0.717, 1.165) is 0 Å². The van der Waals surface area contributed by atoms with Crippen LogP contribution < -0.4 is 54.4 Å². The normalized spacial score (nSPS) is 24.9. The number of hydrogen-bond acceptors (Lipinski definition) is 13. The topological polar surface area (TPSA) is 360 Å². The zero-order valence-corrected chi connectivity index (χ0v) is 39.2. The second kappa shape index (κ2) is 26.5. The molecule has 0 radical (unpaired) electrons. The van der Waals surface area contributed by atoms with Crippen molar-refractivity contribution in [2.45, 2.75) is 172 Å². The molecule has 1 aromatic rings. The van der Waals surface area contributed by atoms with E-state index in [4.69, 9.17) is 17.2 Å². The number of unbranched alkanes of at least 4 members (excludes halogenated alkanes) is 1. The molecule has 0 aliphatic carbocycles. The van der Waals surface area contributed by atoms with Crippen LogP contribution in [0.1, 0.15) is 118 Å². The highest BCUT2D eigenvalue weighted by Gasteiger charge is 2.42. The molecule has 0 bridgehead atoms. The average Bonchev–Trinajstić information content (AvgIpc) is 3.23. The Morgan fingerprint density at radius 1 is 0.879 bits per heavy atom. The van der Waals surface area contributed by atoms with E-state index < -0.39 is 120 Å². The first-order valence-corrected chi connectivity index (χ1v) is 22.5. The van der Waals surface area contributed by atoms with Gasteiger partial charge < -0.3 is 69.7 Å². The van der Waals surface area contributed by atoms with E-state index >= 15 is 0 Å². The second-order valence-electron chi connectivity index (χ2n) is 18.4. The highest BCUT2D eigenvalue weighted by Crippen LogP contribution is 2.20. The predicted octanol–water partition coefficient (Wildman–Crippen LogP) is -1.46. The molecular weight excluding hydrogens is 857 g/mol. The Morgan fingerprint density at radius 2 is 1.48 bits per heavy atom. The molecule has 21 heteroatoms. The summed E-state index contributed by atoms with van der Waals surface area (Å²) < 4.78 is 0. The van der Waals surface area contributed by atoms with Crippen molar-refractivity contribution in [2.75, 3.05) is 13.2 Å². The van der Waals surface area contributed by atoms with Gasteiger partial charge in [0.15, 0.2) is 0 Å². The number of phenolic OH excluding ortho intramolecular Hbond substituents is 1. The first kappa shape index (κ1) is 56.5. The van der Waals surface area contributed by atoms with Gasteiger partial charge in [-0.15, -0.1) is 0 Å². The van der Waals surface area contributed by atoms with Crippen molar-refractivity contribution in [3.05, 3.63) is 42.0 Å². The molecule has 0 saturated carbocycles. The fourth-order valence-electron chi connectivity index (χ4n) is 7.05. The summed E-state index contributed by atoms with van der Waals surface area (Å²) in [4.78, 5) is 109. The van der Waals surface area contributed by atoms with Crippen LogP contribution in [0.2, 0.25) is 0 Å². The number of phenols is 1. The Bertz CT molecular complexity index is 1860. The number of carbonyl (C=O) groups is 8. The number of carbonyl (C=O) groups excluding carboxylic acids is 8. The molecule has 0 spiro atoms. The number of aromatic hydroxyl groups is 1. The van der Waals surface area contributed by atoms with Crippen molar-refractivity contribution in [2.24, 2.45) is 17.2 Å². The number of aliphatic hydroxyl groups is 2. The smallest absolute Gasteiger partial charge is 0.246 e. The quantitative estimate of drug-likeness (QED) is 0.0667. The minimum absolute atomic E-state index is 0.00381. The highest BCUT2D eigenvalue weighted by molar-refractivity contribution is 5.99. The molecule has 0 aromatic heterocycles. The summed E-state index contributed by atoms with van der Waals surface area (Å²) in [6, 6.07) is -1.10. The molecule has 21 nitrogen and oxygen atoms in total. The monoisotopic (exact) mass is 931 g/mol. The van der Waals surface area contributed by atoms with E-state index in [1.165, 1.54) is 32.9 Å². The van der Waals surface area contributed by atoms with E-state index in [2.05, 4.69) is 37.2 Å². The van der Waals surface area contributed by atoms with E-state index in [1.54, 1.807) is 32.9 Å². The summed E-state index contributed by atoms with van der Waals surface area (Å²) in [5, 5.41) is 49.0. The summed E-state index contributed by atoms with van der Waals surface area (Å²) in [5.74, 6) is -6.63. The number of aliphatic hydroxyl groups excluding tert-OH is 2. The van der Waals surface area contributed by atoms with Gasteiger partial charge >= 0.3 is 0 Å². The van der Waals surface area contributed by atoms with Gasteiger partial charge in [0.05, 0.1) is 18.8 Å². The van der Waals surface area contributed by atoms with Crippen molar-refractivity contribution in [1.82, 2.24) is 37.2 Å². The molecule has 0 saturated heterocycles. The van der Waals surface area contributed by atoms with Crippen LogP contribution in [0.3, 0.4) is 0 Å². The predicted molar refractivity (Wildman–Crippen MR) is 245 cm³/mol. The third kappa shape index (κ3) is 19.1. The summed E-state index contributed by atoms with van der Waals surface area (Å²) in [6.07, 6.45) is 4.21. The Kier molecular flexibility index (Phi) is 22.7. The maximum Gasteiger partial charge on any atom is 0.246 e. The maximum absolute atomic E-state index is 14.3. The minimum Gasteiger partial charge on any atom is -0.508 e. The lowest BCUT2D eigenvalue weighted by Crippen LogP contribution is -2.66. The number of primary amides is 1. The molecule has 66 heavy (non-hydrogen) atoms. The Morgan fingerprint density at radius 3 is 2.05 bits per heavy atom. The van der Waals surface area contributed by atoms with Crippen molar-refractivity contribution in [3.8, 4) is 5.75 Å². The van der Waals surface area contributed by atoms with Gasteiger partial charge in [-0.05, 0) is 136 Å². The third-order valence-corrected chi connectivity index (χ3v) is 11.0. The van der Waals surface area contributed by atoms with Crippen molar-refractivity contribution >= 4 is 47.3 Å². The lowest BCUT2D eigenvalue weighted by molar-refractivity contribution is -0.139. The second-order valence-corrected chi connectivity index (χ2v) is 18.4. The molecule has 0 fully saturated rings. The molecule has 8 atom stereocenters. The number of nitrogens with one attached hydrogen (secondary N) is 7. The lowest BCUT2D eigenvalue weighted by Gasteiger charge is -2.34. The maximum atomic E-state index is 14.3. The van der Waals surface area contributed by atoms with Crippen LogP contribution in [0.5, 0.6) is 5.75 Å². The van der Waals surface area contributed by atoms with E-state index in [-0.39, 0.29) is 31.4 Å². The molecule has 0 unspecified atom stereocenters. The molecule has 1 aromatic carbocycles. The van der Waals surface area contributed by atoms with Crippen LogP contribution in [-0.2, 0) is 44.8 Å². The number of hydrogen-bond donors (Lipinski definition) is 13. The fourth-order valence-corrected chi connectivity index (χ4v) is 7.05. The molecule has 1 aliphatic rings. The zero-order chi connectivity index (χ0) is 49.8. The van der Waals surface area contributed by atoms with E-state index in [1.807, 2.05) is 12.2 Å². The van der Waals surface area contributed by atoms with Gasteiger partial charge in [-0.3, -0.25) is 38.4 Å². The van der Waals surface area contributed by atoms with Gasteiger partial charge in [-0.2, -0.15) is 0 Å². The molecular formula is C45H74N10O11. The average molecular weight is 931 g/mol. The van der Waals surface area contributed by atoms with Crippen LogP contribution in [0.4, 0.5) is 0 Å². The van der Waals surface area contributed by atoms with Crippen molar-refractivity contribution in [1.29, 1.82) is 0 Å². The highest BCUT2D eigenvalue weighted by atomic mass is 16.3. The van der Waals surface area contributed by atoms with Crippen LogP contribution in [0.15, 0.2) is 36.4 Å². The molecule has 2 rings (SSSR count). The zero-order valence-electron chi connectivity index (χ0n) is 39.2. The van der Waals surface area contributed by atoms with Gasteiger partial charge in [0.2, 0.25) is 47.3 Å². The van der Waals surface area contributed by atoms with Crippen LogP contribution >= 0.6 is 0 Å². The molecule has 8 amide bonds. The van der Waals surface area contributed by atoms with Gasteiger partial charge in [0.25, 0.3) is 0 Å². The summed E-state index contributed by atoms with van der Waals surface area (Å²) in [5.41, 5.74) is 14.0. The first-order chi connectivity index (χ1) is 30.8. The minimum atomic E-state index is -1.77. The van der Waals surface area contributed by atoms with Crippen LogP contribution in [0, 0.1) is 0 Å². The number of nitrogens with two attached hydrogens (primary N) is 3. The van der Waals surface area contributed by atoms with Gasteiger partial charge in [0, 0.05) is 12.0 Å². The molecule has 16 N–H and O–H groups in total. The molecule has 1 heterocycles. The van der Waals surface area contributed by atoms with E-state index in [0.29, 0.717) is 50.6 Å². The van der Waals surface area contributed by atoms with Crippen LogP contribution in [0.25, 0.3) is 0 Å². The number of rotatable bonds is 16. The van der Waals surface area contributed by atoms with E-state index in [9.17, 15) is 53.7 Å². The summed E-state index contributed by atoms with van der Waals surface area (Å²) in [7, 11) is 0. The Hall–Kier alpha value is -5.64. The van der Waals surface area contributed by atoms with Crippen LogP contribution in [-0.4, -0.2) is 129 Å². The van der Waals surface area contributed by atoms with Crippen molar-refractivity contribution < 1.29 is 53.7 Å². The van der Waals surface area contributed by atoms with Crippen molar-refractivity contribution in [3.63, 3.8) is 0 Å². The lowest BCUT2D eigenvalue weighted by atomic mass is 9.91. The number of benzene rings is 1. The molecule has 370 valence electrons. The standard InChI is InChI=1S/C45H74N10O11/c1-27(57)35-40(64)50-32(20-21-34(48)59)37(61)51-33(26-56)39(63)54-45(6,42(66)55-43(2,3)4)23-13-10-8-7-9-12-22-44(5,41(65)52-35)53-38(62)31(15-11-14-24-46)49-36(60)30(47)25-28-16-18-29(58)19-17-28/h7-8,16-19,27,30-33,35,56-58H,9-15,20-26,46-47H2,1-6H3,(H2,48,59)(H,49,60)(H,50,64)(H,51,61)(H,52,65)(H,53,62)(H,54,63)(H,55,66)/b8-7+/t27-,30+,31+,32+,33+,35+,44+,45+/m1/s1. The Balaban J connectivity index is 2.56. The number of amides is 8. The molecule has 1 aliphatic heterocycles. The summed E-state index contributed by atoms with van der Waals surface area (Å²) >= 11 is 0. The van der Waals surface area contributed by atoms with Gasteiger partial charge in [-0.25, -0.2) is 0 Å². The van der Waals surface area contributed by atoms with Gasteiger partial charge in [0.1, 0.15) is 41.0 Å². The number of allylic oxidation sites excluding steroid dienone is 2. The summed E-state index contributed by atoms with van der Waals surface area (Å²) in [6.45, 7) is 8.85.